The molecule has 2 N–H and O–H groups in total. The highest BCUT2D eigenvalue weighted by Gasteiger charge is 2.30. The van der Waals surface area contributed by atoms with E-state index in [9.17, 15) is 22.8 Å². The van der Waals surface area contributed by atoms with E-state index in [1.54, 1.807) is 19.1 Å². The predicted molar refractivity (Wildman–Crippen MR) is 90.2 cm³/mol. The third kappa shape index (κ3) is 3.56. The maximum atomic E-state index is 12.7. The van der Waals surface area contributed by atoms with Crippen molar-refractivity contribution in [3.63, 3.8) is 0 Å². The minimum absolute atomic E-state index is 0.00192. The number of carbonyl (C=O) groups excluding carboxylic acids is 1. The molecule has 0 fully saturated rings. The zero-order valence-corrected chi connectivity index (χ0v) is 13.6. The van der Waals surface area contributed by atoms with Crippen LogP contribution in [0.2, 0.25) is 0 Å². The van der Waals surface area contributed by atoms with E-state index in [0.29, 0.717) is 23.3 Å². The van der Waals surface area contributed by atoms with Gasteiger partial charge in [0, 0.05) is 24.0 Å². The summed E-state index contributed by atoms with van der Waals surface area (Å²) in [5.74, 6) is -0.506. The number of aryl methyl sites for hydroxylation is 1. The highest BCUT2D eigenvalue weighted by Crippen LogP contribution is 2.30. The van der Waals surface area contributed by atoms with Gasteiger partial charge >= 0.3 is 18.0 Å². The summed E-state index contributed by atoms with van der Waals surface area (Å²) in [5, 5.41) is 4.82. The molecule has 3 rings (SSSR count). The van der Waals surface area contributed by atoms with Crippen LogP contribution >= 0.6 is 0 Å². The summed E-state index contributed by atoms with van der Waals surface area (Å²) in [6.07, 6.45) is -4.50. The zero-order chi connectivity index (χ0) is 18.9. The molecule has 0 aliphatic heterocycles. The number of benzene rings is 2. The fourth-order valence-electron chi connectivity index (χ4n) is 2.51. The van der Waals surface area contributed by atoms with Crippen LogP contribution in [0.15, 0.2) is 51.7 Å². The monoisotopic (exact) mass is 365 g/mol. The highest BCUT2D eigenvalue weighted by molar-refractivity contribution is 6.00. The second kappa shape index (κ2) is 6.58. The molecular weight excluding hydrogens is 351 g/mol. The Hall–Kier alpha value is -3.23. The van der Waals surface area contributed by atoms with Crippen LogP contribution in [0.1, 0.15) is 12.5 Å². The largest absolute Gasteiger partial charge is 0.419 e. The summed E-state index contributed by atoms with van der Waals surface area (Å²) in [6.45, 7) is 2.24. The van der Waals surface area contributed by atoms with Crippen molar-refractivity contribution in [2.75, 3.05) is 10.6 Å². The van der Waals surface area contributed by atoms with Crippen molar-refractivity contribution in [2.45, 2.75) is 19.6 Å². The lowest BCUT2D eigenvalue weighted by molar-refractivity contribution is -0.137. The molecule has 1 heterocycles. The van der Waals surface area contributed by atoms with Crippen LogP contribution in [-0.2, 0) is 12.7 Å². The molecule has 3 aromatic rings. The van der Waals surface area contributed by atoms with Crippen LogP contribution in [0.5, 0.6) is 0 Å². The minimum Gasteiger partial charge on any atom is -0.408 e. The number of carbonyl (C=O) groups is 1. The number of nitrogens with zero attached hydrogens (tertiary/aromatic N) is 1. The summed E-state index contributed by atoms with van der Waals surface area (Å²) in [5.41, 5.74) is 0.357. The van der Waals surface area contributed by atoms with Crippen molar-refractivity contribution < 1.29 is 22.4 Å². The molecule has 0 atom stereocenters. The van der Waals surface area contributed by atoms with Gasteiger partial charge in [-0.15, -0.1) is 0 Å². The summed E-state index contributed by atoms with van der Waals surface area (Å²) >= 11 is 0. The molecule has 2 amide bonds. The van der Waals surface area contributed by atoms with Crippen molar-refractivity contribution in [1.82, 2.24) is 4.57 Å². The van der Waals surface area contributed by atoms with Crippen molar-refractivity contribution in [1.29, 1.82) is 0 Å². The van der Waals surface area contributed by atoms with Gasteiger partial charge < -0.3 is 15.1 Å². The Bertz CT molecular complexity index is 1020. The molecule has 6 nitrogen and oxygen atoms in total. The average Bonchev–Trinajstić information content (AvgIpc) is 2.88. The van der Waals surface area contributed by atoms with E-state index >= 15 is 0 Å². The maximum absolute atomic E-state index is 12.7. The minimum atomic E-state index is -4.50. The van der Waals surface area contributed by atoms with E-state index < -0.39 is 23.5 Å². The fourth-order valence-corrected chi connectivity index (χ4v) is 2.51. The predicted octanol–water partition coefficient (Wildman–Crippen LogP) is 4.28. The molecule has 1 aromatic heterocycles. The number of fused-ring (bicyclic) bond motifs is 1. The highest BCUT2D eigenvalue weighted by atomic mass is 19.4. The molecular formula is C17H14F3N3O3. The van der Waals surface area contributed by atoms with E-state index in [4.69, 9.17) is 4.42 Å². The Morgan fingerprint density at radius 2 is 1.81 bits per heavy atom. The number of alkyl halides is 3. The molecule has 26 heavy (non-hydrogen) atoms. The number of oxazole rings is 1. The van der Waals surface area contributed by atoms with Gasteiger partial charge in [0.2, 0.25) is 0 Å². The van der Waals surface area contributed by atoms with Gasteiger partial charge in [0.15, 0.2) is 5.58 Å². The molecule has 0 unspecified atom stereocenters. The molecule has 0 saturated heterocycles. The molecule has 0 radical (unpaired) electrons. The summed E-state index contributed by atoms with van der Waals surface area (Å²) in [6, 6.07) is 8.22. The third-order valence-electron chi connectivity index (χ3n) is 3.69. The van der Waals surface area contributed by atoms with Crippen LogP contribution in [0.4, 0.5) is 29.3 Å². The Labute approximate surface area is 145 Å². The van der Waals surface area contributed by atoms with Crippen molar-refractivity contribution in [3.8, 4) is 0 Å². The van der Waals surface area contributed by atoms with Crippen molar-refractivity contribution in [3.05, 3.63) is 58.6 Å². The average molecular weight is 365 g/mol. The third-order valence-corrected chi connectivity index (χ3v) is 3.69. The van der Waals surface area contributed by atoms with Crippen molar-refractivity contribution >= 4 is 28.5 Å². The number of amides is 2. The lowest BCUT2D eigenvalue weighted by Gasteiger charge is -2.10. The van der Waals surface area contributed by atoms with Crippen LogP contribution in [0.3, 0.4) is 0 Å². The Kier molecular flexibility index (Phi) is 4.45. The van der Waals surface area contributed by atoms with Gasteiger partial charge in [0.25, 0.3) is 0 Å². The molecule has 9 heteroatoms. The van der Waals surface area contributed by atoms with Gasteiger partial charge in [-0.2, -0.15) is 13.2 Å². The first-order valence-electron chi connectivity index (χ1n) is 7.66. The second-order valence-electron chi connectivity index (χ2n) is 5.45. The van der Waals surface area contributed by atoms with Gasteiger partial charge in [-0.05, 0) is 37.3 Å². The number of anilines is 2. The van der Waals surface area contributed by atoms with Crippen LogP contribution in [-0.4, -0.2) is 10.6 Å². The van der Waals surface area contributed by atoms with Gasteiger partial charge in [0.1, 0.15) is 0 Å². The topological polar surface area (TPSA) is 76.3 Å². The van der Waals surface area contributed by atoms with Gasteiger partial charge in [-0.25, -0.2) is 9.59 Å². The van der Waals surface area contributed by atoms with E-state index in [1.807, 2.05) is 0 Å². The summed E-state index contributed by atoms with van der Waals surface area (Å²) in [4.78, 5) is 23.7. The van der Waals surface area contributed by atoms with Gasteiger partial charge in [-0.3, -0.25) is 4.57 Å². The fraction of sp³-hybridized carbons (Fsp3) is 0.176. The van der Waals surface area contributed by atoms with Crippen LogP contribution in [0, 0.1) is 0 Å². The van der Waals surface area contributed by atoms with E-state index in [-0.39, 0.29) is 5.69 Å². The molecule has 0 aliphatic rings. The van der Waals surface area contributed by atoms with Gasteiger partial charge in [0.05, 0.1) is 11.1 Å². The van der Waals surface area contributed by atoms with E-state index in [0.717, 1.165) is 12.1 Å². The molecule has 0 bridgehead atoms. The number of hydrogen-bond acceptors (Lipinski definition) is 3. The first-order valence-corrected chi connectivity index (χ1v) is 7.66. The molecule has 136 valence electrons. The Morgan fingerprint density at radius 1 is 1.12 bits per heavy atom. The zero-order valence-electron chi connectivity index (χ0n) is 13.6. The Morgan fingerprint density at radius 3 is 2.46 bits per heavy atom. The number of nitrogens with one attached hydrogen (secondary N) is 2. The molecule has 0 saturated carbocycles. The lowest BCUT2D eigenvalue weighted by Crippen LogP contribution is -2.19. The standard InChI is InChI=1S/C17H14F3N3O3/c1-2-23-13-7-6-12(9-14(13)26-16(23)25)22-15(24)21-11-5-3-4-10(8-11)17(18,19)20/h3-9H,2H2,1H3,(H2,21,22,24). The number of halogens is 3. The Balaban J connectivity index is 1.76. The summed E-state index contributed by atoms with van der Waals surface area (Å²) < 4.78 is 44.6. The smallest absolute Gasteiger partial charge is 0.408 e. The lowest BCUT2D eigenvalue weighted by atomic mass is 10.2. The maximum Gasteiger partial charge on any atom is 0.419 e. The number of rotatable bonds is 3. The molecule has 0 spiro atoms. The second-order valence-corrected chi connectivity index (χ2v) is 5.45. The van der Waals surface area contributed by atoms with Crippen LogP contribution in [0.25, 0.3) is 11.1 Å². The number of aromatic nitrogens is 1. The number of urea groups is 1. The van der Waals surface area contributed by atoms with E-state index in [2.05, 4.69) is 10.6 Å². The van der Waals surface area contributed by atoms with Gasteiger partial charge in [-0.1, -0.05) is 6.07 Å². The van der Waals surface area contributed by atoms with Crippen molar-refractivity contribution in [2.24, 2.45) is 0 Å². The quantitative estimate of drug-likeness (QED) is 0.727. The summed E-state index contributed by atoms with van der Waals surface area (Å²) in [7, 11) is 0. The normalized spacial score (nSPS) is 11.5. The first kappa shape index (κ1) is 17.6. The molecule has 2 aromatic carbocycles. The van der Waals surface area contributed by atoms with Crippen LogP contribution < -0.4 is 16.4 Å². The molecule has 0 aliphatic carbocycles. The van der Waals surface area contributed by atoms with E-state index in [1.165, 1.54) is 22.8 Å². The number of hydrogen-bond donors (Lipinski definition) is 2. The SMILES string of the molecule is CCn1c(=O)oc2cc(NC(=O)Nc3cccc(C(F)(F)F)c3)ccc21. The first-order chi connectivity index (χ1) is 12.3.